The number of methoxy groups -OCH3 is 1. The van der Waals surface area contributed by atoms with Crippen molar-refractivity contribution in [3.8, 4) is 5.75 Å². The van der Waals surface area contributed by atoms with Crippen LogP contribution in [-0.4, -0.2) is 56.2 Å². The van der Waals surface area contributed by atoms with Gasteiger partial charge in [0.1, 0.15) is 10.6 Å². The predicted molar refractivity (Wildman–Crippen MR) is 98.4 cm³/mol. The molecular formula is C16H19BrN4O3S. The second kappa shape index (κ2) is 7.27. The minimum Gasteiger partial charge on any atom is -0.495 e. The van der Waals surface area contributed by atoms with E-state index in [-0.39, 0.29) is 4.90 Å². The average Bonchev–Trinajstić information content (AvgIpc) is 2.62. The molecule has 0 spiro atoms. The second-order valence-corrected chi connectivity index (χ2v) is 8.54. The van der Waals surface area contributed by atoms with Crippen molar-refractivity contribution in [2.24, 2.45) is 0 Å². The van der Waals surface area contributed by atoms with Gasteiger partial charge in [-0.2, -0.15) is 9.40 Å². The number of hydrogen-bond donors (Lipinski definition) is 0. The molecule has 0 unspecified atom stereocenters. The SMILES string of the molecule is COc1ccc(Br)cc1S(=O)(=O)N1CCN(c2ccc(C)nn2)CC1. The molecule has 0 atom stereocenters. The third-order valence-corrected chi connectivity index (χ3v) is 6.50. The topological polar surface area (TPSA) is 75.6 Å². The Kier molecular flexibility index (Phi) is 5.26. The largest absolute Gasteiger partial charge is 0.495 e. The van der Waals surface area contributed by atoms with Crippen molar-refractivity contribution in [1.29, 1.82) is 0 Å². The van der Waals surface area contributed by atoms with E-state index in [1.165, 1.54) is 11.4 Å². The summed E-state index contributed by atoms with van der Waals surface area (Å²) < 4.78 is 33.4. The summed E-state index contributed by atoms with van der Waals surface area (Å²) in [4.78, 5) is 2.21. The number of rotatable bonds is 4. The third-order valence-electron chi connectivity index (χ3n) is 4.09. The second-order valence-electron chi connectivity index (χ2n) is 5.72. The molecule has 1 saturated heterocycles. The minimum absolute atomic E-state index is 0.174. The van der Waals surface area contributed by atoms with Crippen LogP contribution in [0.4, 0.5) is 5.82 Å². The van der Waals surface area contributed by atoms with Crippen molar-refractivity contribution in [2.45, 2.75) is 11.8 Å². The Bertz CT molecular complexity index is 850. The summed E-state index contributed by atoms with van der Waals surface area (Å²) in [5.41, 5.74) is 0.853. The third kappa shape index (κ3) is 3.78. The molecule has 1 fully saturated rings. The van der Waals surface area contributed by atoms with Crippen molar-refractivity contribution in [3.05, 3.63) is 40.5 Å². The van der Waals surface area contributed by atoms with Crippen LogP contribution in [0.3, 0.4) is 0 Å². The van der Waals surface area contributed by atoms with Crippen LogP contribution in [0, 0.1) is 6.92 Å². The van der Waals surface area contributed by atoms with Crippen LogP contribution in [0.2, 0.25) is 0 Å². The molecule has 0 N–H and O–H groups in total. The fourth-order valence-corrected chi connectivity index (χ4v) is 4.83. The molecule has 0 bridgehead atoms. The van der Waals surface area contributed by atoms with E-state index in [1.54, 1.807) is 18.2 Å². The predicted octanol–water partition coefficient (Wildman–Crippen LogP) is 2.07. The zero-order chi connectivity index (χ0) is 18.0. The molecule has 1 aliphatic heterocycles. The van der Waals surface area contributed by atoms with Gasteiger partial charge in [0, 0.05) is 30.7 Å². The number of piperazine rings is 1. The van der Waals surface area contributed by atoms with E-state index in [0.717, 1.165) is 11.5 Å². The molecule has 1 aromatic carbocycles. The number of halogens is 1. The van der Waals surface area contributed by atoms with E-state index < -0.39 is 10.0 Å². The van der Waals surface area contributed by atoms with Crippen LogP contribution in [0.15, 0.2) is 39.7 Å². The van der Waals surface area contributed by atoms with Crippen LogP contribution in [-0.2, 0) is 10.0 Å². The standard InChI is InChI=1S/C16H19BrN4O3S/c1-12-3-6-16(19-18-12)20-7-9-21(10-8-20)25(22,23)15-11-13(17)4-5-14(15)24-2/h3-6,11H,7-10H2,1-2H3. The van der Waals surface area contributed by atoms with E-state index in [9.17, 15) is 8.42 Å². The van der Waals surface area contributed by atoms with Crippen LogP contribution >= 0.6 is 15.9 Å². The van der Waals surface area contributed by atoms with E-state index in [1.807, 2.05) is 24.0 Å². The molecule has 0 radical (unpaired) electrons. The minimum atomic E-state index is -3.62. The highest BCUT2D eigenvalue weighted by molar-refractivity contribution is 9.10. The number of sulfonamides is 1. The number of aromatic nitrogens is 2. The van der Waals surface area contributed by atoms with Crippen LogP contribution in [0.5, 0.6) is 5.75 Å². The Morgan fingerprint density at radius 2 is 1.80 bits per heavy atom. The van der Waals surface area contributed by atoms with E-state index in [2.05, 4.69) is 26.1 Å². The lowest BCUT2D eigenvalue weighted by Gasteiger charge is -2.34. The lowest BCUT2D eigenvalue weighted by atomic mass is 10.3. The van der Waals surface area contributed by atoms with Gasteiger partial charge in [-0.3, -0.25) is 0 Å². The maximum atomic E-state index is 13.0. The van der Waals surface area contributed by atoms with Crippen molar-refractivity contribution in [1.82, 2.24) is 14.5 Å². The van der Waals surface area contributed by atoms with Crippen LogP contribution in [0.1, 0.15) is 5.69 Å². The van der Waals surface area contributed by atoms with Gasteiger partial charge in [0.2, 0.25) is 10.0 Å². The summed E-state index contributed by atoms with van der Waals surface area (Å²) in [5.74, 6) is 1.11. The van der Waals surface area contributed by atoms with Gasteiger partial charge in [-0.15, -0.1) is 5.10 Å². The number of nitrogens with zero attached hydrogens (tertiary/aromatic N) is 4. The Labute approximate surface area is 155 Å². The van der Waals surface area contributed by atoms with Gasteiger partial charge in [0.05, 0.1) is 12.8 Å². The van der Waals surface area contributed by atoms with Crippen molar-refractivity contribution in [3.63, 3.8) is 0 Å². The Balaban J connectivity index is 1.78. The maximum Gasteiger partial charge on any atom is 0.246 e. The first-order chi connectivity index (χ1) is 11.9. The zero-order valence-electron chi connectivity index (χ0n) is 14.0. The van der Waals surface area contributed by atoms with Crippen LogP contribution < -0.4 is 9.64 Å². The van der Waals surface area contributed by atoms with Gasteiger partial charge in [0.25, 0.3) is 0 Å². The molecule has 25 heavy (non-hydrogen) atoms. The zero-order valence-corrected chi connectivity index (χ0v) is 16.4. The Hall–Kier alpha value is -1.71. The fraction of sp³-hybridized carbons (Fsp3) is 0.375. The Morgan fingerprint density at radius 3 is 2.40 bits per heavy atom. The summed E-state index contributed by atoms with van der Waals surface area (Å²) in [6, 6.07) is 8.79. The first-order valence-electron chi connectivity index (χ1n) is 7.81. The summed E-state index contributed by atoms with van der Waals surface area (Å²) >= 11 is 3.33. The summed E-state index contributed by atoms with van der Waals surface area (Å²) in [5, 5.41) is 8.22. The highest BCUT2D eigenvalue weighted by Crippen LogP contribution is 2.30. The van der Waals surface area contributed by atoms with Crippen molar-refractivity contribution in [2.75, 3.05) is 38.2 Å². The smallest absolute Gasteiger partial charge is 0.246 e. The fourth-order valence-electron chi connectivity index (χ4n) is 2.71. The van der Waals surface area contributed by atoms with Gasteiger partial charge in [-0.1, -0.05) is 15.9 Å². The Morgan fingerprint density at radius 1 is 1.08 bits per heavy atom. The quantitative estimate of drug-likeness (QED) is 0.744. The highest BCUT2D eigenvalue weighted by atomic mass is 79.9. The number of aryl methyl sites for hydroxylation is 1. The summed E-state index contributed by atoms with van der Waals surface area (Å²) in [6.45, 7) is 3.77. The molecule has 134 valence electrons. The van der Waals surface area contributed by atoms with E-state index >= 15 is 0 Å². The van der Waals surface area contributed by atoms with Crippen LogP contribution in [0.25, 0.3) is 0 Å². The van der Waals surface area contributed by atoms with E-state index in [0.29, 0.717) is 36.4 Å². The normalized spacial score (nSPS) is 16.0. The molecule has 7 nitrogen and oxygen atoms in total. The number of anilines is 1. The molecular weight excluding hydrogens is 408 g/mol. The molecule has 0 aliphatic carbocycles. The average molecular weight is 427 g/mol. The number of benzene rings is 1. The maximum absolute atomic E-state index is 13.0. The monoisotopic (exact) mass is 426 g/mol. The first kappa shape index (κ1) is 18.1. The number of hydrogen-bond acceptors (Lipinski definition) is 6. The highest BCUT2D eigenvalue weighted by Gasteiger charge is 2.31. The summed E-state index contributed by atoms with van der Waals surface area (Å²) in [7, 11) is -2.16. The lowest BCUT2D eigenvalue weighted by Crippen LogP contribution is -2.49. The van der Waals surface area contributed by atoms with E-state index in [4.69, 9.17) is 4.74 Å². The van der Waals surface area contributed by atoms with Gasteiger partial charge in [-0.05, 0) is 37.3 Å². The number of ether oxygens (including phenoxy) is 1. The molecule has 3 rings (SSSR count). The molecule has 1 aliphatic rings. The van der Waals surface area contributed by atoms with Crippen molar-refractivity contribution < 1.29 is 13.2 Å². The lowest BCUT2D eigenvalue weighted by molar-refractivity contribution is 0.373. The molecule has 0 amide bonds. The van der Waals surface area contributed by atoms with Gasteiger partial charge >= 0.3 is 0 Å². The van der Waals surface area contributed by atoms with Gasteiger partial charge < -0.3 is 9.64 Å². The summed E-state index contributed by atoms with van der Waals surface area (Å²) in [6.07, 6.45) is 0. The molecule has 0 saturated carbocycles. The molecule has 2 heterocycles. The van der Waals surface area contributed by atoms with Gasteiger partial charge in [-0.25, -0.2) is 8.42 Å². The van der Waals surface area contributed by atoms with Gasteiger partial charge in [0.15, 0.2) is 5.82 Å². The molecule has 9 heteroatoms. The van der Waals surface area contributed by atoms with Crippen molar-refractivity contribution >= 4 is 31.8 Å². The molecule has 1 aromatic heterocycles. The molecule has 2 aromatic rings. The first-order valence-corrected chi connectivity index (χ1v) is 10.0.